The quantitative estimate of drug-likeness (QED) is 0.0598. The lowest BCUT2D eigenvalue weighted by atomic mass is 9.80. The van der Waals surface area contributed by atoms with Crippen LogP contribution in [-0.4, -0.2) is 161 Å². The largest absolute Gasteiger partial charge is 0.474 e. The average Bonchev–Trinajstić information content (AvgIpc) is 0.828. The molecule has 0 spiro atoms. The molecule has 11 amide bonds. The van der Waals surface area contributed by atoms with E-state index in [1.54, 1.807) is 14.7 Å². The van der Waals surface area contributed by atoms with E-state index in [0.29, 0.717) is 54.5 Å². The molecule has 8 fully saturated rings. The average molecular weight is 1450 g/mol. The SMILES string of the molecule is C1CCC(C2CCCCN2)CC1.NC(=O)c1cncc(NC(=O)C(=O)N2CCCCC2C2CCCCC2)c1.NC(=O)c1cncc(NC(=O)C(=O)N2CCCC[C@@H]2C2CCCCC2)c1.NC(=O)c1cncc(NC(=O)C(=O)N2CCCC[C@H]2C2CCCCC2)c1.NC(=O)c1cncc(NC(=O)C(=O)O)c1. The molecule has 4 saturated heterocycles. The molecule has 8 aliphatic rings. The van der Waals surface area contributed by atoms with Crippen molar-refractivity contribution in [1.29, 1.82) is 0 Å². The number of amides is 11. The summed E-state index contributed by atoms with van der Waals surface area (Å²) in [5.74, 6) is -6.45. The molecule has 8 heterocycles. The monoisotopic (exact) mass is 1450 g/mol. The van der Waals surface area contributed by atoms with Gasteiger partial charge in [0.05, 0.1) is 69.8 Å². The predicted octanol–water partition coefficient (Wildman–Crippen LogP) is 8.15. The molecule has 4 saturated carbocycles. The number of carbonyl (C=O) groups excluding carboxylic acids is 11. The van der Waals surface area contributed by atoms with E-state index in [1.807, 2.05) is 5.32 Å². The molecule has 568 valence electrons. The molecule has 14 N–H and O–H groups in total. The number of hydrogen-bond acceptors (Lipinski definition) is 17. The van der Waals surface area contributed by atoms with Crippen molar-refractivity contribution >= 4 is 93.7 Å². The van der Waals surface area contributed by atoms with Crippen LogP contribution in [0.1, 0.15) is 247 Å². The lowest BCUT2D eigenvalue weighted by Crippen LogP contribution is -2.51. The highest BCUT2D eigenvalue weighted by molar-refractivity contribution is 6.41. The first kappa shape index (κ1) is 80.9. The smallest absolute Gasteiger partial charge is 0.394 e. The Kier molecular flexibility index (Phi) is 32.1. The number of piperidine rings is 4. The first-order chi connectivity index (χ1) is 50.6. The van der Waals surface area contributed by atoms with Crippen LogP contribution in [0, 0.1) is 23.7 Å². The number of aromatic nitrogens is 4. The fraction of sp³-hybridized carbons (Fsp3) is 0.579. The van der Waals surface area contributed by atoms with Gasteiger partial charge in [0.2, 0.25) is 23.6 Å². The van der Waals surface area contributed by atoms with Gasteiger partial charge in [0.15, 0.2) is 0 Å². The van der Waals surface area contributed by atoms with Gasteiger partial charge in [-0.3, -0.25) is 72.7 Å². The van der Waals surface area contributed by atoms with Gasteiger partial charge < -0.3 is 69.3 Å². The summed E-state index contributed by atoms with van der Waals surface area (Å²) in [5.41, 5.74) is 22.3. The Morgan fingerprint density at radius 3 is 0.838 bits per heavy atom. The number of nitrogens with one attached hydrogen (secondary N) is 5. The Labute approximate surface area is 613 Å². The van der Waals surface area contributed by atoms with Crippen molar-refractivity contribution in [1.82, 2.24) is 40.0 Å². The van der Waals surface area contributed by atoms with Crippen LogP contribution >= 0.6 is 0 Å². The Balaban J connectivity index is 0.000000170. The van der Waals surface area contributed by atoms with Crippen molar-refractivity contribution in [3.63, 3.8) is 0 Å². The Hall–Kier alpha value is -9.80. The maximum absolute atomic E-state index is 12.8. The number of hydrogen-bond donors (Lipinski definition) is 10. The molecule has 4 aliphatic heterocycles. The van der Waals surface area contributed by atoms with Crippen LogP contribution in [0.4, 0.5) is 22.7 Å². The number of carboxylic acids is 1. The Bertz CT molecular complexity index is 3340. The highest BCUT2D eigenvalue weighted by atomic mass is 16.4. The van der Waals surface area contributed by atoms with Gasteiger partial charge in [-0.25, -0.2) is 4.79 Å². The lowest BCUT2D eigenvalue weighted by molar-refractivity contribution is -0.147. The van der Waals surface area contributed by atoms with Crippen LogP contribution in [0.5, 0.6) is 0 Å². The highest BCUT2D eigenvalue weighted by Gasteiger charge is 2.39. The summed E-state index contributed by atoms with van der Waals surface area (Å²) >= 11 is 0. The van der Waals surface area contributed by atoms with Gasteiger partial charge in [-0.1, -0.05) is 83.5 Å². The molecule has 29 nitrogen and oxygen atoms in total. The number of pyridine rings is 4. The summed E-state index contributed by atoms with van der Waals surface area (Å²) in [4.78, 5) is 162. The second kappa shape index (κ2) is 41.6. The number of anilines is 4. The third-order valence-corrected chi connectivity index (χ3v) is 21.5. The van der Waals surface area contributed by atoms with Gasteiger partial charge >= 0.3 is 47.3 Å². The van der Waals surface area contributed by atoms with Crippen molar-refractivity contribution in [3.8, 4) is 0 Å². The van der Waals surface area contributed by atoms with Crippen molar-refractivity contribution in [2.75, 3.05) is 47.4 Å². The van der Waals surface area contributed by atoms with Crippen LogP contribution < -0.4 is 49.5 Å². The zero-order valence-corrected chi connectivity index (χ0v) is 60.3. The van der Waals surface area contributed by atoms with Crippen LogP contribution in [0.25, 0.3) is 0 Å². The van der Waals surface area contributed by atoms with E-state index in [2.05, 4.69) is 41.2 Å². The highest BCUT2D eigenvalue weighted by Crippen LogP contribution is 2.37. The summed E-state index contributed by atoms with van der Waals surface area (Å²) in [6.07, 6.45) is 49.3. The fourth-order valence-corrected chi connectivity index (χ4v) is 16.2. The molecule has 4 aromatic heterocycles. The molecule has 0 aromatic carbocycles. The number of primary amides is 4. The van der Waals surface area contributed by atoms with E-state index in [9.17, 15) is 57.5 Å². The first-order valence-corrected chi connectivity index (χ1v) is 37.8. The normalized spacial score (nSPS) is 20.9. The molecule has 12 rings (SSSR count). The van der Waals surface area contributed by atoms with Gasteiger partial charge in [0.25, 0.3) is 0 Å². The van der Waals surface area contributed by atoms with Gasteiger partial charge in [-0.15, -0.1) is 0 Å². The van der Waals surface area contributed by atoms with E-state index >= 15 is 0 Å². The molecule has 4 atom stereocenters. The minimum Gasteiger partial charge on any atom is -0.474 e. The zero-order valence-electron chi connectivity index (χ0n) is 60.3. The summed E-state index contributed by atoms with van der Waals surface area (Å²) < 4.78 is 0. The molecule has 2 unspecified atom stereocenters. The summed E-state index contributed by atoms with van der Waals surface area (Å²) in [6.45, 7) is 3.17. The topological polar surface area (TPSA) is 451 Å². The van der Waals surface area contributed by atoms with Gasteiger partial charge in [-0.2, -0.15) is 0 Å². The van der Waals surface area contributed by atoms with Crippen LogP contribution in [0.15, 0.2) is 73.8 Å². The van der Waals surface area contributed by atoms with Gasteiger partial charge in [-0.05, 0) is 176 Å². The minimum absolute atomic E-state index is 0.0817. The van der Waals surface area contributed by atoms with Crippen LogP contribution in [-0.2, 0) is 38.4 Å². The third-order valence-electron chi connectivity index (χ3n) is 21.5. The minimum atomic E-state index is -1.63. The number of nitrogens with zero attached hydrogens (tertiary/aromatic N) is 7. The van der Waals surface area contributed by atoms with Crippen molar-refractivity contribution < 1.29 is 62.6 Å². The van der Waals surface area contributed by atoms with E-state index in [1.165, 1.54) is 190 Å². The molecule has 0 bridgehead atoms. The molecule has 4 aliphatic carbocycles. The second-order valence-electron chi connectivity index (χ2n) is 28.8. The van der Waals surface area contributed by atoms with Crippen molar-refractivity contribution in [2.45, 2.75) is 230 Å². The standard InChI is InChI=1S/3C19H26N4O3.C11H21N.C8H7N3O4/c3*20-17(24)14-10-15(12-21-11-14)22-18(25)19(26)23-9-5-4-8-16(23)13-6-2-1-3-7-13;1-2-6-10(7-3-1)11-8-4-5-9-12-11;9-6(12)4-1-5(3-10-2-4)11-7(13)8(14)15/h3*10-13,16H,1-9H2,(H2,20,24)(H,22,25);10-12H,1-9H2;1-3H,(H2,9,12)(H,11,13)(H,14,15)/t2*16-;;;/m10.../s1. The summed E-state index contributed by atoms with van der Waals surface area (Å²) in [6, 6.07) is 6.89. The number of carboxylic acid groups (broad SMARTS) is 1. The van der Waals surface area contributed by atoms with E-state index < -0.39 is 70.9 Å². The molecule has 105 heavy (non-hydrogen) atoms. The van der Waals surface area contributed by atoms with Crippen LogP contribution in [0.3, 0.4) is 0 Å². The van der Waals surface area contributed by atoms with Gasteiger partial charge in [0, 0.05) is 68.6 Å². The molecule has 29 heteroatoms. The number of carbonyl (C=O) groups is 12. The lowest BCUT2D eigenvalue weighted by Gasteiger charge is -2.41. The molecule has 0 radical (unpaired) electrons. The van der Waals surface area contributed by atoms with E-state index in [-0.39, 0.29) is 46.1 Å². The summed E-state index contributed by atoms with van der Waals surface area (Å²) in [7, 11) is 0. The third kappa shape index (κ3) is 24.9. The number of rotatable bonds is 12. The maximum Gasteiger partial charge on any atom is 0.394 e. The van der Waals surface area contributed by atoms with E-state index in [4.69, 9.17) is 28.0 Å². The summed E-state index contributed by atoms with van der Waals surface area (Å²) in [5, 5.41) is 21.7. The van der Waals surface area contributed by atoms with E-state index in [0.717, 1.165) is 108 Å². The zero-order chi connectivity index (χ0) is 75.2. The molecular weight excluding hydrogens is 1340 g/mol. The van der Waals surface area contributed by atoms with Crippen molar-refractivity contribution in [2.24, 2.45) is 46.6 Å². The Morgan fingerprint density at radius 1 is 0.324 bits per heavy atom. The first-order valence-electron chi connectivity index (χ1n) is 37.8. The van der Waals surface area contributed by atoms with Crippen molar-refractivity contribution in [3.05, 3.63) is 96.1 Å². The Morgan fingerprint density at radius 2 is 0.581 bits per heavy atom. The second-order valence-corrected chi connectivity index (χ2v) is 28.8. The number of likely N-dealkylation sites (tertiary alicyclic amines) is 3. The fourth-order valence-electron chi connectivity index (χ4n) is 16.2. The molecule has 4 aromatic rings. The number of nitrogens with two attached hydrogens (primary N) is 4. The number of aliphatic carboxylic acids is 1. The molecular formula is C76H106N16O13. The maximum atomic E-state index is 12.8. The van der Waals surface area contributed by atoms with Crippen LogP contribution in [0.2, 0.25) is 0 Å². The van der Waals surface area contributed by atoms with Gasteiger partial charge in [0.1, 0.15) is 0 Å². The predicted molar refractivity (Wildman–Crippen MR) is 393 cm³/mol.